The number of imidazole rings is 1. The average Bonchev–Trinajstić information content (AvgIpc) is 3.45. The third-order valence-corrected chi connectivity index (χ3v) is 8.96. The van der Waals surface area contributed by atoms with Gasteiger partial charge in [-0.3, -0.25) is 13.9 Å². The summed E-state index contributed by atoms with van der Waals surface area (Å²) in [7, 11) is 1.86. The predicted octanol–water partition coefficient (Wildman–Crippen LogP) is 5.09. The SMILES string of the molecule is C[N+]1=CN=N[C]1[C@H](c1cc(C#N)cc(-n2cc3c(C(F)(F)F)cc(CN4CC5(CC5)C4)cn3c2=O)c1)C1CCC1. The minimum atomic E-state index is -4.63. The van der Waals surface area contributed by atoms with Gasteiger partial charge in [-0.15, -0.1) is 0 Å². The number of azo groups is 1. The zero-order chi connectivity index (χ0) is 27.8. The van der Waals surface area contributed by atoms with Crippen LogP contribution >= 0.6 is 0 Å². The van der Waals surface area contributed by atoms with Gasteiger partial charge in [0.1, 0.15) is 0 Å². The number of benzene rings is 1. The van der Waals surface area contributed by atoms with Gasteiger partial charge in [0.25, 0.3) is 0 Å². The van der Waals surface area contributed by atoms with E-state index in [0.717, 1.165) is 54.5 Å². The summed E-state index contributed by atoms with van der Waals surface area (Å²) in [6, 6.07) is 8.44. The molecule has 1 spiro atoms. The molecule has 205 valence electrons. The highest BCUT2D eigenvalue weighted by Gasteiger charge is 2.52. The maximum absolute atomic E-state index is 14.2. The highest BCUT2D eigenvalue weighted by Crippen LogP contribution is 2.53. The molecule has 0 bridgehead atoms. The zero-order valence-corrected chi connectivity index (χ0v) is 22.0. The fraction of sp³-hybridized carbons (Fsp3) is 0.448. The van der Waals surface area contributed by atoms with Crippen LogP contribution in [0.1, 0.15) is 60.3 Å². The van der Waals surface area contributed by atoms with Crippen LogP contribution in [-0.4, -0.2) is 44.9 Å². The van der Waals surface area contributed by atoms with Crippen LogP contribution in [0.25, 0.3) is 11.2 Å². The van der Waals surface area contributed by atoms with Crippen molar-refractivity contribution in [2.45, 2.75) is 50.7 Å². The first-order chi connectivity index (χ1) is 19.1. The summed E-state index contributed by atoms with van der Waals surface area (Å²) < 4.78 is 46.8. The Labute approximate surface area is 228 Å². The van der Waals surface area contributed by atoms with Gasteiger partial charge in [0.15, 0.2) is 0 Å². The molecular weight excluding hydrogens is 519 g/mol. The van der Waals surface area contributed by atoms with Crippen molar-refractivity contribution >= 4 is 11.9 Å². The van der Waals surface area contributed by atoms with Crippen LogP contribution in [-0.2, 0) is 12.7 Å². The molecular formula is C29H28F3N7O+. The number of nitriles is 1. The molecule has 4 aliphatic rings. The molecule has 2 aromatic heterocycles. The number of fused-ring (bicyclic) bond motifs is 1. The van der Waals surface area contributed by atoms with Gasteiger partial charge in [0, 0.05) is 32.0 Å². The van der Waals surface area contributed by atoms with Gasteiger partial charge in [0.2, 0.25) is 0 Å². The van der Waals surface area contributed by atoms with Gasteiger partial charge in [-0.05, 0) is 77.5 Å². The Morgan fingerprint density at radius 2 is 1.95 bits per heavy atom. The van der Waals surface area contributed by atoms with Crippen molar-refractivity contribution in [3.8, 4) is 11.8 Å². The number of nitrogens with zero attached hydrogens (tertiary/aromatic N) is 7. The molecule has 0 amide bonds. The lowest BCUT2D eigenvalue weighted by molar-refractivity contribution is -0.480. The van der Waals surface area contributed by atoms with Gasteiger partial charge in [-0.2, -0.15) is 18.4 Å². The quantitative estimate of drug-likeness (QED) is 0.404. The molecule has 1 saturated heterocycles. The van der Waals surface area contributed by atoms with Crippen molar-refractivity contribution in [3.05, 3.63) is 75.6 Å². The number of halogens is 3. The van der Waals surface area contributed by atoms with Gasteiger partial charge in [0.05, 0.1) is 46.5 Å². The fourth-order valence-corrected chi connectivity index (χ4v) is 6.51. The predicted molar refractivity (Wildman–Crippen MR) is 140 cm³/mol. The first kappa shape index (κ1) is 25.2. The Bertz CT molecular complexity index is 1680. The number of likely N-dealkylation sites (N-methyl/N-ethyl adjacent to an activating group) is 1. The summed E-state index contributed by atoms with van der Waals surface area (Å²) in [5, 5.41) is 18.2. The van der Waals surface area contributed by atoms with E-state index in [1.54, 1.807) is 24.5 Å². The Balaban J connectivity index is 1.33. The lowest BCUT2D eigenvalue weighted by Crippen LogP contribution is -2.47. The van der Waals surface area contributed by atoms with Crippen molar-refractivity contribution in [1.82, 2.24) is 13.9 Å². The third kappa shape index (κ3) is 4.17. The second-order valence-corrected chi connectivity index (χ2v) is 11.8. The van der Waals surface area contributed by atoms with Gasteiger partial charge in [-0.1, -0.05) is 6.42 Å². The Hall–Kier alpha value is -3.78. The highest BCUT2D eigenvalue weighted by atomic mass is 19.4. The summed E-state index contributed by atoms with van der Waals surface area (Å²) in [5.41, 5.74) is 0.635. The number of hydrogen-bond donors (Lipinski definition) is 0. The molecule has 11 heteroatoms. The first-order valence-electron chi connectivity index (χ1n) is 13.6. The minimum absolute atomic E-state index is 0.148. The molecule has 8 nitrogen and oxygen atoms in total. The first-order valence-corrected chi connectivity index (χ1v) is 13.6. The van der Waals surface area contributed by atoms with E-state index in [1.807, 2.05) is 11.6 Å². The van der Waals surface area contributed by atoms with E-state index in [4.69, 9.17) is 0 Å². The average molecular weight is 548 g/mol. The molecule has 1 aromatic carbocycles. The lowest BCUT2D eigenvalue weighted by atomic mass is 9.71. The van der Waals surface area contributed by atoms with Crippen molar-refractivity contribution in [3.63, 3.8) is 0 Å². The number of aromatic nitrogens is 2. The fourth-order valence-electron chi connectivity index (χ4n) is 6.51. The zero-order valence-electron chi connectivity index (χ0n) is 22.0. The standard InChI is InChI=1S/C29H28F3N7O/c1-36-17-34-35-26(36)25(20-3-2-4-20)21-7-18(11-33)8-22(10-21)38-14-24-23(29(30,31)32)9-19(13-39(24)27(38)40)12-37-15-28(16-37)5-6-28/h7-10,13-14,17,20,25H,2-6,12,15-16H2,1H3/q+1/t25-/m0/s1. The lowest BCUT2D eigenvalue weighted by Gasteiger charge is -2.40. The monoisotopic (exact) mass is 547 g/mol. The number of pyridine rings is 1. The molecule has 3 aromatic rings. The molecule has 2 aliphatic heterocycles. The largest absolute Gasteiger partial charge is 0.418 e. The van der Waals surface area contributed by atoms with Crippen LogP contribution in [0.15, 0.2) is 51.7 Å². The maximum Gasteiger partial charge on any atom is 0.418 e. The van der Waals surface area contributed by atoms with Crippen molar-refractivity contribution in [2.24, 2.45) is 21.6 Å². The van der Waals surface area contributed by atoms with Gasteiger partial charge >= 0.3 is 24.4 Å². The summed E-state index contributed by atoms with van der Waals surface area (Å²) >= 11 is 0. The van der Waals surface area contributed by atoms with E-state index >= 15 is 0 Å². The number of rotatable bonds is 6. The van der Waals surface area contributed by atoms with E-state index in [9.17, 15) is 23.2 Å². The summed E-state index contributed by atoms with van der Waals surface area (Å²) in [6.07, 6.45) is 5.95. The van der Waals surface area contributed by atoms with E-state index in [1.165, 1.54) is 29.8 Å². The molecule has 2 aliphatic carbocycles. The summed E-state index contributed by atoms with van der Waals surface area (Å²) in [5.74, 6) is 0.148. The van der Waals surface area contributed by atoms with Crippen LogP contribution in [0.4, 0.5) is 13.2 Å². The van der Waals surface area contributed by atoms with Crippen LogP contribution in [0.2, 0.25) is 0 Å². The van der Waals surface area contributed by atoms with Crippen LogP contribution in [0, 0.1) is 28.8 Å². The van der Waals surface area contributed by atoms with Gasteiger partial charge in [-0.25, -0.2) is 9.37 Å². The van der Waals surface area contributed by atoms with Crippen molar-refractivity contribution < 1.29 is 17.7 Å². The van der Waals surface area contributed by atoms with Crippen LogP contribution < -0.4 is 5.69 Å². The molecule has 0 N–H and O–H groups in total. The Morgan fingerprint density at radius 3 is 2.55 bits per heavy atom. The normalized spacial score (nSPS) is 21.3. The van der Waals surface area contributed by atoms with E-state index in [0.29, 0.717) is 34.7 Å². The molecule has 3 fully saturated rings. The topological polar surface area (TPSA) is 81.2 Å². The highest BCUT2D eigenvalue weighted by molar-refractivity contribution is 5.59. The molecule has 1 atom stereocenters. The smallest absolute Gasteiger partial charge is 0.298 e. The summed E-state index contributed by atoms with van der Waals surface area (Å²) in [6.45, 7) is 2.15. The maximum atomic E-state index is 14.2. The number of hydrogen-bond acceptors (Lipinski definition) is 5. The molecule has 4 heterocycles. The van der Waals surface area contributed by atoms with E-state index < -0.39 is 17.4 Å². The second-order valence-electron chi connectivity index (χ2n) is 11.8. The summed E-state index contributed by atoms with van der Waals surface area (Å²) in [4.78, 5) is 15.8. The molecule has 2 saturated carbocycles. The Kier molecular flexibility index (Phi) is 5.58. The Morgan fingerprint density at radius 1 is 1.18 bits per heavy atom. The van der Waals surface area contributed by atoms with E-state index in [2.05, 4.69) is 21.2 Å². The van der Waals surface area contributed by atoms with Crippen molar-refractivity contribution in [1.29, 1.82) is 5.26 Å². The van der Waals surface area contributed by atoms with E-state index in [-0.39, 0.29) is 11.4 Å². The van der Waals surface area contributed by atoms with Gasteiger partial charge < -0.3 is 0 Å². The minimum Gasteiger partial charge on any atom is -0.298 e. The second kappa shape index (κ2) is 8.86. The van der Waals surface area contributed by atoms with Crippen molar-refractivity contribution in [2.75, 3.05) is 20.1 Å². The van der Waals surface area contributed by atoms with Crippen LogP contribution in [0.5, 0.6) is 0 Å². The molecule has 40 heavy (non-hydrogen) atoms. The molecule has 0 unspecified atom stereocenters. The number of likely N-dealkylation sites (tertiary alicyclic amines) is 1. The third-order valence-electron chi connectivity index (χ3n) is 8.96. The molecule has 1 radical (unpaired) electrons. The van der Waals surface area contributed by atoms with Crippen LogP contribution in [0.3, 0.4) is 0 Å². The molecule has 7 rings (SSSR count). The number of alkyl halides is 3.